The van der Waals surface area contributed by atoms with E-state index in [1.54, 1.807) is 7.11 Å². The molecule has 0 spiro atoms. The molecule has 2 unspecified atom stereocenters. The van der Waals surface area contributed by atoms with Gasteiger partial charge in [0.25, 0.3) is 0 Å². The highest BCUT2D eigenvalue weighted by atomic mass is 16.5. The summed E-state index contributed by atoms with van der Waals surface area (Å²) in [6.07, 6.45) is 5.00. The highest BCUT2D eigenvalue weighted by molar-refractivity contribution is 5.85. The molecule has 3 fully saturated rings. The number of hydrogen-bond acceptors (Lipinski definition) is 5. The van der Waals surface area contributed by atoms with Crippen molar-refractivity contribution >= 4 is 17.7 Å². The van der Waals surface area contributed by atoms with E-state index in [2.05, 4.69) is 17.1 Å². The lowest BCUT2D eigenvalue weighted by Gasteiger charge is -2.44. The van der Waals surface area contributed by atoms with Crippen LogP contribution in [0.5, 0.6) is 5.75 Å². The molecule has 1 N–H and O–H groups in total. The summed E-state index contributed by atoms with van der Waals surface area (Å²) in [6, 6.07) is 7.79. The maximum atomic E-state index is 13.8. The van der Waals surface area contributed by atoms with Crippen molar-refractivity contribution in [1.82, 2.24) is 20.0 Å². The minimum absolute atomic E-state index is 0.0795. The largest absolute Gasteiger partial charge is 0.496 e. The molecule has 1 saturated carbocycles. The smallest absolute Gasteiger partial charge is 0.234 e. The van der Waals surface area contributed by atoms with Crippen molar-refractivity contribution in [3.05, 3.63) is 29.8 Å². The second-order valence-corrected chi connectivity index (χ2v) is 9.72. The summed E-state index contributed by atoms with van der Waals surface area (Å²) in [7, 11) is 1.63. The number of nitrogens with zero attached hydrogens (tertiary/aromatic N) is 3. The Morgan fingerprint density at radius 2 is 1.82 bits per heavy atom. The highest BCUT2D eigenvalue weighted by Gasteiger charge is 2.43. The molecule has 1 aromatic rings. The number of ether oxygens (including phenoxy) is 1. The first kappa shape index (κ1) is 24.5. The Bertz CT molecular complexity index is 879. The maximum absolute atomic E-state index is 13.8. The number of rotatable bonds is 9. The third kappa shape index (κ3) is 5.71. The van der Waals surface area contributed by atoms with Gasteiger partial charge in [-0.25, -0.2) is 0 Å². The van der Waals surface area contributed by atoms with Crippen LogP contribution in [0.3, 0.4) is 0 Å². The van der Waals surface area contributed by atoms with Crippen LogP contribution in [-0.4, -0.2) is 84.8 Å². The van der Waals surface area contributed by atoms with Crippen LogP contribution in [-0.2, 0) is 14.4 Å². The first-order valence-electron chi connectivity index (χ1n) is 12.7. The molecule has 3 aliphatic rings. The van der Waals surface area contributed by atoms with Crippen molar-refractivity contribution in [2.24, 2.45) is 5.92 Å². The minimum atomic E-state index is -0.321. The van der Waals surface area contributed by atoms with E-state index < -0.39 is 0 Å². The number of carbonyl (C=O) groups excluding carboxylic acids is 3. The molecule has 1 aliphatic carbocycles. The predicted octanol–water partition coefficient (Wildman–Crippen LogP) is 2.20. The Balaban J connectivity index is 1.47. The summed E-state index contributed by atoms with van der Waals surface area (Å²) in [5, 5.41) is 3.04. The first-order valence-corrected chi connectivity index (χ1v) is 12.7. The normalized spacial score (nSPS) is 23.6. The van der Waals surface area contributed by atoms with Crippen molar-refractivity contribution in [2.45, 2.75) is 57.5 Å². The van der Waals surface area contributed by atoms with Crippen molar-refractivity contribution < 1.29 is 19.1 Å². The number of carbonyl (C=O) groups is 3. The number of nitrogens with one attached hydrogen (secondary N) is 1. The number of unbranched alkanes of at least 4 members (excludes halogenated alkanes) is 1. The Morgan fingerprint density at radius 3 is 2.50 bits per heavy atom. The quantitative estimate of drug-likeness (QED) is 0.598. The Hall–Kier alpha value is -2.61. The van der Waals surface area contributed by atoms with Gasteiger partial charge in [-0.05, 0) is 31.7 Å². The lowest BCUT2D eigenvalue weighted by atomic mass is 9.82. The van der Waals surface area contributed by atoms with Gasteiger partial charge in [0, 0.05) is 50.7 Å². The average Bonchev–Trinajstić information content (AvgIpc) is 3.67. The van der Waals surface area contributed by atoms with Crippen molar-refractivity contribution in [1.29, 1.82) is 0 Å². The summed E-state index contributed by atoms with van der Waals surface area (Å²) in [5.74, 6) is 0.714. The Labute approximate surface area is 202 Å². The van der Waals surface area contributed by atoms with Crippen LogP contribution in [0, 0.1) is 5.92 Å². The van der Waals surface area contributed by atoms with E-state index in [-0.39, 0.29) is 29.7 Å². The molecule has 2 heterocycles. The standard InChI is InChI=1S/C26H38N4O4/c1-3-4-13-30-24(32)12-11-21(25(30)20-7-5-6-8-22(20)34-2)26(33)29-16-14-28(15-17-29)18-23(31)27-19-9-10-19/h5-8,19,21,25H,3-4,9-18H2,1-2H3,(H,27,31). The molecule has 186 valence electrons. The number of para-hydroxylation sites is 1. The number of hydrogen-bond donors (Lipinski definition) is 1. The topological polar surface area (TPSA) is 82.2 Å². The van der Waals surface area contributed by atoms with Crippen LogP contribution >= 0.6 is 0 Å². The molecule has 4 rings (SSSR count). The van der Waals surface area contributed by atoms with E-state index in [9.17, 15) is 14.4 Å². The third-order valence-corrected chi connectivity index (χ3v) is 7.23. The van der Waals surface area contributed by atoms with Gasteiger partial charge >= 0.3 is 0 Å². The molecule has 1 aromatic carbocycles. The number of amides is 3. The van der Waals surface area contributed by atoms with E-state index in [0.717, 1.165) is 31.2 Å². The molecule has 0 aromatic heterocycles. The molecule has 0 bridgehead atoms. The molecule has 2 saturated heterocycles. The van der Waals surface area contributed by atoms with E-state index in [0.29, 0.717) is 63.9 Å². The fourth-order valence-electron chi connectivity index (χ4n) is 5.16. The highest BCUT2D eigenvalue weighted by Crippen LogP contribution is 2.41. The van der Waals surface area contributed by atoms with Crippen LogP contribution in [0.1, 0.15) is 57.1 Å². The van der Waals surface area contributed by atoms with Gasteiger partial charge in [-0.3, -0.25) is 19.3 Å². The zero-order valence-electron chi connectivity index (χ0n) is 20.5. The summed E-state index contributed by atoms with van der Waals surface area (Å²) in [6.45, 7) is 5.74. The lowest BCUT2D eigenvalue weighted by molar-refractivity contribution is -0.149. The van der Waals surface area contributed by atoms with Gasteiger partial charge in [0.05, 0.1) is 25.6 Å². The molecule has 3 amide bonds. The number of likely N-dealkylation sites (tertiary alicyclic amines) is 1. The van der Waals surface area contributed by atoms with Gasteiger partial charge in [-0.15, -0.1) is 0 Å². The molecule has 0 radical (unpaired) electrons. The second kappa shape index (κ2) is 11.2. The summed E-state index contributed by atoms with van der Waals surface area (Å²) in [5.41, 5.74) is 0.905. The zero-order chi connectivity index (χ0) is 24.1. The molecule has 8 nitrogen and oxygen atoms in total. The summed E-state index contributed by atoms with van der Waals surface area (Å²) in [4.78, 5) is 44.9. The van der Waals surface area contributed by atoms with Gasteiger partial charge < -0.3 is 19.9 Å². The lowest BCUT2D eigenvalue weighted by Crippen LogP contribution is -2.55. The number of methoxy groups -OCH3 is 1. The SMILES string of the molecule is CCCCN1C(=O)CCC(C(=O)N2CCN(CC(=O)NC3CC3)CC2)C1c1ccccc1OC. The van der Waals surface area contributed by atoms with E-state index >= 15 is 0 Å². The first-order chi connectivity index (χ1) is 16.5. The molecule has 8 heteroatoms. The molecule has 2 atom stereocenters. The molecular weight excluding hydrogens is 432 g/mol. The maximum Gasteiger partial charge on any atom is 0.234 e. The summed E-state index contributed by atoms with van der Waals surface area (Å²) >= 11 is 0. The van der Waals surface area contributed by atoms with Crippen LogP contribution in [0.4, 0.5) is 0 Å². The summed E-state index contributed by atoms with van der Waals surface area (Å²) < 4.78 is 5.64. The fraction of sp³-hybridized carbons (Fsp3) is 0.654. The number of piperidine rings is 1. The van der Waals surface area contributed by atoms with Crippen molar-refractivity contribution in [2.75, 3.05) is 46.4 Å². The predicted molar refractivity (Wildman–Crippen MR) is 129 cm³/mol. The average molecular weight is 471 g/mol. The van der Waals surface area contributed by atoms with Crippen LogP contribution < -0.4 is 10.1 Å². The van der Waals surface area contributed by atoms with Gasteiger partial charge in [-0.1, -0.05) is 31.5 Å². The van der Waals surface area contributed by atoms with Gasteiger partial charge in [0.2, 0.25) is 17.7 Å². The van der Waals surface area contributed by atoms with E-state index in [4.69, 9.17) is 4.74 Å². The van der Waals surface area contributed by atoms with Gasteiger partial charge in [0.15, 0.2) is 0 Å². The van der Waals surface area contributed by atoms with Crippen LogP contribution in [0.25, 0.3) is 0 Å². The monoisotopic (exact) mass is 470 g/mol. The second-order valence-electron chi connectivity index (χ2n) is 9.72. The van der Waals surface area contributed by atoms with Crippen LogP contribution in [0.2, 0.25) is 0 Å². The fourth-order valence-corrected chi connectivity index (χ4v) is 5.16. The van der Waals surface area contributed by atoms with E-state index in [1.165, 1.54) is 0 Å². The Morgan fingerprint density at radius 1 is 1.09 bits per heavy atom. The van der Waals surface area contributed by atoms with E-state index in [1.807, 2.05) is 34.1 Å². The minimum Gasteiger partial charge on any atom is -0.496 e. The van der Waals surface area contributed by atoms with Gasteiger partial charge in [0.1, 0.15) is 5.75 Å². The van der Waals surface area contributed by atoms with Crippen LogP contribution in [0.15, 0.2) is 24.3 Å². The molecule has 34 heavy (non-hydrogen) atoms. The zero-order valence-corrected chi connectivity index (χ0v) is 20.5. The number of piperazine rings is 1. The third-order valence-electron chi connectivity index (χ3n) is 7.23. The van der Waals surface area contributed by atoms with Gasteiger partial charge in [-0.2, -0.15) is 0 Å². The Kier molecular flexibility index (Phi) is 8.08. The number of benzene rings is 1. The van der Waals surface area contributed by atoms with Crippen molar-refractivity contribution in [3.63, 3.8) is 0 Å². The van der Waals surface area contributed by atoms with Crippen molar-refractivity contribution in [3.8, 4) is 5.75 Å². The molecule has 2 aliphatic heterocycles. The molecular formula is C26H38N4O4.